The molecule has 2 rings (SSSR count). The molecule has 96 valence electrons. The third-order valence-electron chi connectivity index (χ3n) is 3.07. The lowest BCUT2D eigenvalue weighted by Crippen LogP contribution is -2.19. The highest BCUT2D eigenvalue weighted by Gasteiger charge is 2.06. The van der Waals surface area contributed by atoms with E-state index in [-0.39, 0.29) is 0 Å². The smallest absolute Gasteiger partial charge is 0.126 e. The molecule has 3 nitrogen and oxygen atoms in total. The molecule has 0 radical (unpaired) electrons. The third-order valence-corrected chi connectivity index (χ3v) is 3.07. The van der Waals surface area contributed by atoms with E-state index in [1.165, 1.54) is 11.1 Å². The van der Waals surface area contributed by atoms with Gasteiger partial charge in [-0.1, -0.05) is 24.3 Å². The summed E-state index contributed by atoms with van der Waals surface area (Å²) in [6.45, 7) is 4.26. The van der Waals surface area contributed by atoms with E-state index in [0.29, 0.717) is 11.6 Å². The maximum absolute atomic E-state index is 8.73. The molecule has 0 saturated carbocycles. The lowest BCUT2D eigenvalue weighted by molar-refractivity contribution is 0.780. The predicted molar refractivity (Wildman–Crippen MR) is 76.9 cm³/mol. The Hall–Kier alpha value is -2.34. The molecule has 1 aromatic heterocycles. The summed E-state index contributed by atoms with van der Waals surface area (Å²) in [4.78, 5) is 4.22. The molecular weight excluding hydrogens is 234 g/mol. The molecule has 0 fully saturated rings. The van der Waals surface area contributed by atoms with Crippen molar-refractivity contribution in [2.24, 2.45) is 0 Å². The topological polar surface area (TPSA) is 48.7 Å². The molecule has 0 amide bonds. The van der Waals surface area contributed by atoms with E-state index in [1.807, 2.05) is 6.07 Å². The average Bonchev–Trinajstić information content (AvgIpc) is 2.42. The normalized spacial score (nSPS) is 11.6. The van der Waals surface area contributed by atoms with Gasteiger partial charge in [-0.05, 0) is 43.5 Å². The molecule has 2 aromatic rings. The molecule has 0 unspecified atom stereocenters. The molecule has 0 spiro atoms. The number of rotatable bonds is 4. The van der Waals surface area contributed by atoms with Gasteiger partial charge >= 0.3 is 0 Å². The second-order valence-electron chi connectivity index (χ2n) is 4.72. The van der Waals surface area contributed by atoms with Gasteiger partial charge in [-0.2, -0.15) is 5.26 Å². The van der Waals surface area contributed by atoms with Gasteiger partial charge in [0.2, 0.25) is 0 Å². The van der Waals surface area contributed by atoms with Crippen LogP contribution in [0.3, 0.4) is 0 Å². The minimum atomic E-state index is 0.293. The largest absolute Gasteiger partial charge is 0.367 e. The summed E-state index contributed by atoms with van der Waals surface area (Å²) in [5.41, 5.74) is 3.23. The molecule has 0 aliphatic rings. The number of benzene rings is 1. The van der Waals surface area contributed by atoms with Crippen LogP contribution in [0.2, 0.25) is 0 Å². The van der Waals surface area contributed by atoms with E-state index >= 15 is 0 Å². The van der Waals surface area contributed by atoms with Gasteiger partial charge in [0.25, 0.3) is 0 Å². The monoisotopic (exact) mass is 251 g/mol. The molecule has 1 heterocycles. The van der Waals surface area contributed by atoms with Crippen molar-refractivity contribution in [1.29, 1.82) is 5.26 Å². The molecule has 1 aromatic carbocycles. The van der Waals surface area contributed by atoms with Gasteiger partial charge in [-0.15, -0.1) is 0 Å². The highest BCUT2D eigenvalue weighted by molar-refractivity contribution is 5.40. The van der Waals surface area contributed by atoms with Crippen molar-refractivity contribution in [2.75, 3.05) is 5.32 Å². The lowest BCUT2D eigenvalue weighted by Gasteiger charge is -2.15. The first kappa shape index (κ1) is 13.1. The maximum atomic E-state index is 8.73. The molecule has 1 atom stereocenters. The Morgan fingerprint density at radius 1 is 1.26 bits per heavy atom. The molecular formula is C16H17N3. The van der Waals surface area contributed by atoms with Crippen LogP contribution >= 0.6 is 0 Å². The minimum Gasteiger partial charge on any atom is -0.367 e. The number of nitrogens with zero attached hydrogens (tertiary/aromatic N) is 2. The summed E-state index contributed by atoms with van der Waals surface area (Å²) in [7, 11) is 0. The summed E-state index contributed by atoms with van der Waals surface area (Å²) in [5, 5.41) is 12.1. The van der Waals surface area contributed by atoms with E-state index in [2.05, 4.69) is 54.5 Å². The van der Waals surface area contributed by atoms with Crippen LogP contribution < -0.4 is 5.32 Å². The molecule has 19 heavy (non-hydrogen) atoms. The van der Waals surface area contributed by atoms with Crippen LogP contribution in [0.1, 0.15) is 23.6 Å². The van der Waals surface area contributed by atoms with Gasteiger partial charge in [0.15, 0.2) is 0 Å². The van der Waals surface area contributed by atoms with E-state index in [1.54, 1.807) is 12.3 Å². The van der Waals surface area contributed by atoms with Crippen molar-refractivity contribution >= 4 is 5.82 Å². The quantitative estimate of drug-likeness (QED) is 0.907. The van der Waals surface area contributed by atoms with Gasteiger partial charge in [0, 0.05) is 12.2 Å². The highest BCUT2D eigenvalue weighted by Crippen LogP contribution is 2.12. The maximum Gasteiger partial charge on any atom is 0.126 e. The Kier molecular flexibility index (Phi) is 4.15. The second kappa shape index (κ2) is 6.01. The number of nitrogens with one attached hydrogen (secondary N) is 1. The Bertz CT molecular complexity index is 582. The van der Waals surface area contributed by atoms with Crippen molar-refractivity contribution in [2.45, 2.75) is 26.3 Å². The number of hydrogen-bond donors (Lipinski definition) is 1. The van der Waals surface area contributed by atoms with Crippen LogP contribution in [0.5, 0.6) is 0 Å². The van der Waals surface area contributed by atoms with E-state index < -0.39 is 0 Å². The fourth-order valence-electron chi connectivity index (χ4n) is 2.02. The summed E-state index contributed by atoms with van der Waals surface area (Å²) in [6, 6.07) is 14.4. The van der Waals surface area contributed by atoms with E-state index in [9.17, 15) is 0 Å². The van der Waals surface area contributed by atoms with Gasteiger partial charge in [0.1, 0.15) is 11.9 Å². The fraction of sp³-hybridized carbons (Fsp3) is 0.250. The standard InChI is InChI=1S/C16H17N3/c1-12-5-3-4-6-15(12)9-13(2)19-16-8-7-14(10-17)11-18-16/h3-8,11,13H,9H2,1-2H3,(H,18,19)/t13-/m0/s1. The number of anilines is 1. The molecule has 0 aliphatic heterocycles. The zero-order valence-corrected chi connectivity index (χ0v) is 11.2. The van der Waals surface area contributed by atoms with Gasteiger partial charge in [0.05, 0.1) is 5.56 Å². The van der Waals surface area contributed by atoms with Crippen LogP contribution in [0.4, 0.5) is 5.82 Å². The Morgan fingerprint density at radius 3 is 2.68 bits per heavy atom. The van der Waals surface area contributed by atoms with Crippen molar-refractivity contribution < 1.29 is 0 Å². The highest BCUT2D eigenvalue weighted by atomic mass is 15.0. The van der Waals surface area contributed by atoms with Crippen molar-refractivity contribution in [3.63, 3.8) is 0 Å². The van der Waals surface area contributed by atoms with Crippen LogP contribution in [0.15, 0.2) is 42.6 Å². The average molecular weight is 251 g/mol. The Morgan fingerprint density at radius 2 is 2.05 bits per heavy atom. The molecule has 0 bridgehead atoms. The van der Waals surface area contributed by atoms with Crippen LogP contribution in [-0.4, -0.2) is 11.0 Å². The number of aromatic nitrogens is 1. The first-order valence-corrected chi connectivity index (χ1v) is 6.36. The van der Waals surface area contributed by atoms with Crippen molar-refractivity contribution in [1.82, 2.24) is 4.98 Å². The Balaban J connectivity index is 1.99. The Labute approximate surface area is 113 Å². The summed E-state index contributed by atoms with van der Waals surface area (Å²) < 4.78 is 0. The number of pyridine rings is 1. The number of hydrogen-bond acceptors (Lipinski definition) is 3. The number of aryl methyl sites for hydroxylation is 1. The summed E-state index contributed by atoms with van der Waals surface area (Å²) in [5.74, 6) is 0.806. The van der Waals surface area contributed by atoms with E-state index in [0.717, 1.165) is 12.2 Å². The summed E-state index contributed by atoms with van der Waals surface area (Å²) in [6.07, 6.45) is 2.54. The van der Waals surface area contributed by atoms with Crippen LogP contribution in [0, 0.1) is 18.3 Å². The number of nitriles is 1. The zero-order valence-electron chi connectivity index (χ0n) is 11.2. The second-order valence-corrected chi connectivity index (χ2v) is 4.72. The molecule has 1 N–H and O–H groups in total. The fourth-order valence-corrected chi connectivity index (χ4v) is 2.02. The third kappa shape index (κ3) is 3.56. The first-order valence-electron chi connectivity index (χ1n) is 6.36. The van der Waals surface area contributed by atoms with Crippen molar-refractivity contribution in [3.8, 4) is 6.07 Å². The van der Waals surface area contributed by atoms with Crippen LogP contribution in [-0.2, 0) is 6.42 Å². The predicted octanol–water partition coefficient (Wildman–Crippen LogP) is 3.30. The molecule has 0 saturated heterocycles. The zero-order chi connectivity index (χ0) is 13.7. The van der Waals surface area contributed by atoms with Gasteiger partial charge in [-0.25, -0.2) is 4.98 Å². The lowest BCUT2D eigenvalue weighted by atomic mass is 10.0. The SMILES string of the molecule is Cc1ccccc1C[C@H](C)Nc1ccc(C#N)cn1. The molecule has 0 aliphatic carbocycles. The van der Waals surface area contributed by atoms with Gasteiger partial charge < -0.3 is 5.32 Å². The van der Waals surface area contributed by atoms with Crippen LogP contribution in [0.25, 0.3) is 0 Å². The first-order chi connectivity index (χ1) is 9.19. The van der Waals surface area contributed by atoms with E-state index in [4.69, 9.17) is 5.26 Å². The van der Waals surface area contributed by atoms with Crippen molar-refractivity contribution in [3.05, 3.63) is 59.3 Å². The summed E-state index contributed by atoms with van der Waals surface area (Å²) >= 11 is 0. The minimum absolute atomic E-state index is 0.293. The van der Waals surface area contributed by atoms with Gasteiger partial charge in [-0.3, -0.25) is 0 Å². The molecule has 3 heteroatoms.